The number of aromatic nitrogens is 3. The molecule has 148 valence electrons. The summed E-state index contributed by atoms with van der Waals surface area (Å²) in [6.45, 7) is 0. The van der Waals surface area contributed by atoms with Gasteiger partial charge >= 0.3 is 12.1 Å². The second-order valence-electron chi connectivity index (χ2n) is 5.45. The van der Waals surface area contributed by atoms with Gasteiger partial charge in [0.2, 0.25) is 0 Å². The van der Waals surface area contributed by atoms with E-state index in [1.165, 1.54) is 26.4 Å². The van der Waals surface area contributed by atoms with Gasteiger partial charge in [-0.3, -0.25) is 0 Å². The van der Waals surface area contributed by atoms with E-state index in [1.807, 2.05) is 0 Å². The van der Waals surface area contributed by atoms with E-state index in [4.69, 9.17) is 4.74 Å². The van der Waals surface area contributed by atoms with Crippen LogP contribution in [-0.2, 0) is 10.9 Å². The van der Waals surface area contributed by atoms with E-state index in [0.29, 0.717) is 16.0 Å². The SMILES string of the molecule is COC(=O)c1ccc(-n2nc(-c3ccc(OC)cc3)cc2C(F)(F)F)nc1.Cl. The third-order valence-electron chi connectivity index (χ3n) is 3.77. The number of hydrogen-bond donors (Lipinski definition) is 0. The summed E-state index contributed by atoms with van der Waals surface area (Å²) in [5.41, 5.74) is -0.237. The number of methoxy groups -OCH3 is 2. The molecule has 3 aromatic rings. The van der Waals surface area contributed by atoms with E-state index in [-0.39, 0.29) is 29.5 Å². The van der Waals surface area contributed by atoms with Crippen LogP contribution in [0.1, 0.15) is 16.1 Å². The molecule has 0 aliphatic rings. The molecule has 0 aliphatic carbocycles. The average Bonchev–Trinajstić information content (AvgIpc) is 3.13. The fraction of sp³-hybridized carbons (Fsp3) is 0.167. The van der Waals surface area contributed by atoms with Crippen LogP contribution in [0.25, 0.3) is 17.1 Å². The van der Waals surface area contributed by atoms with Crippen LogP contribution in [-0.4, -0.2) is 35.0 Å². The van der Waals surface area contributed by atoms with E-state index in [2.05, 4.69) is 14.8 Å². The Hall–Kier alpha value is -3.07. The molecular weight excluding hydrogens is 399 g/mol. The molecule has 0 saturated carbocycles. The van der Waals surface area contributed by atoms with Gasteiger partial charge in [-0.05, 0) is 42.5 Å². The molecule has 0 radical (unpaired) electrons. The number of esters is 1. The molecule has 0 atom stereocenters. The Balaban J connectivity index is 0.00000280. The zero-order valence-corrected chi connectivity index (χ0v) is 15.5. The Bertz CT molecular complexity index is 955. The van der Waals surface area contributed by atoms with Crippen molar-refractivity contribution < 1.29 is 27.4 Å². The highest BCUT2D eigenvalue weighted by Crippen LogP contribution is 2.34. The lowest BCUT2D eigenvalue weighted by Gasteiger charge is -2.09. The fourth-order valence-electron chi connectivity index (χ4n) is 2.41. The number of nitrogens with zero attached hydrogens (tertiary/aromatic N) is 3. The fourth-order valence-corrected chi connectivity index (χ4v) is 2.41. The van der Waals surface area contributed by atoms with Crippen LogP contribution in [0.5, 0.6) is 5.75 Å². The molecule has 28 heavy (non-hydrogen) atoms. The smallest absolute Gasteiger partial charge is 0.433 e. The second-order valence-corrected chi connectivity index (χ2v) is 5.45. The van der Waals surface area contributed by atoms with Gasteiger partial charge < -0.3 is 9.47 Å². The van der Waals surface area contributed by atoms with Gasteiger partial charge in [-0.15, -0.1) is 12.4 Å². The molecule has 0 spiro atoms. The highest BCUT2D eigenvalue weighted by Gasteiger charge is 2.36. The van der Waals surface area contributed by atoms with Crippen molar-refractivity contribution in [2.75, 3.05) is 14.2 Å². The van der Waals surface area contributed by atoms with Gasteiger partial charge in [-0.1, -0.05) is 0 Å². The van der Waals surface area contributed by atoms with Gasteiger partial charge in [-0.2, -0.15) is 18.3 Å². The van der Waals surface area contributed by atoms with Crippen molar-refractivity contribution >= 4 is 18.4 Å². The van der Waals surface area contributed by atoms with Crippen LogP contribution in [0.2, 0.25) is 0 Å². The summed E-state index contributed by atoms with van der Waals surface area (Å²) in [4.78, 5) is 15.4. The van der Waals surface area contributed by atoms with Crippen molar-refractivity contribution in [3.05, 3.63) is 59.9 Å². The third kappa shape index (κ3) is 4.25. The van der Waals surface area contributed by atoms with Crippen molar-refractivity contribution in [1.82, 2.24) is 14.8 Å². The summed E-state index contributed by atoms with van der Waals surface area (Å²) >= 11 is 0. The number of carbonyl (C=O) groups excluding carboxylic acids is 1. The molecule has 0 saturated heterocycles. The number of rotatable bonds is 4. The number of benzene rings is 1. The lowest BCUT2D eigenvalue weighted by Crippen LogP contribution is -2.14. The molecule has 3 rings (SSSR count). The van der Waals surface area contributed by atoms with Gasteiger partial charge in [0.1, 0.15) is 5.75 Å². The topological polar surface area (TPSA) is 66.2 Å². The van der Waals surface area contributed by atoms with Gasteiger partial charge in [0.05, 0.1) is 25.5 Å². The monoisotopic (exact) mass is 413 g/mol. The van der Waals surface area contributed by atoms with E-state index in [1.54, 1.807) is 24.3 Å². The van der Waals surface area contributed by atoms with Crippen LogP contribution in [0.4, 0.5) is 13.2 Å². The first-order chi connectivity index (χ1) is 12.8. The van der Waals surface area contributed by atoms with Gasteiger partial charge in [-0.25, -0.2) is 14.5 Å². The van der Waals surface area contributed by atoms with E-state index in [9.17, 15) is 18.0 Å². The average molecular weight is 414 g/mol. The predicted molar refractivity (Wildman–Crippen MR) is 96.9 cm³/mol. The predicted octanol–water partition coefficient (Wildman–Crippen LogP) is 4.17. The Kier molecular flexibility index (Phi) is 6.30. The van der Waals surface area contributed by atoms with Crippen molar-refractivity contribution in [3.8, 4) is 22.8 Å². The van der Waals surface area contributed by atoms with Crippen molar-refractivity contribution in [2.24, 2.45) is 0 Å². The second kappa shape index (κ2) is 8.30. The van der Waals surface area contributed by atoms with Crippen molar-refractivity contribution in [1.29, 1.82) is 0 Å². The minimum atomic E-state index is -4.64. The number of hydrogen-bond acceptors (Lipinski definition) is 5. The zero-order valence-electron chi connectivity index (χ0n) is 14.7. The maximum atomic E-state index is 13.5. The molecule has 0 aliphatic heterocycles. The van der Waals surface area contributed by atoms with Crippen molar-refractivity contribution in [2.45, 2.75) is 6.18 Å². The summed E-state index contributed by atoms with van der Waals surface area (Å²) in [6, 6.07) is 10.0. The Morgan fingerprint density at radius 2 is 1.75 bits per heavy atom. The van der Waals surface area contributed by atoms with Crippen LogP contribution in [0.3, 0.4) is 0 Å². The van der Waals surface area contributed by atoms with Gasteiger partial charge in [0.15, 0.2) is 11.5 Å². The molecule has 0 unspecified atom stereocenters. The lowest BCUT2D eigenvalue weighted by molar-refractivity contribution is -0.142. The molecule has 10 heteroatoms. The van der Waals surface area contributed by atoms with Crippen LogP contribution >= 0.6 is 12.4 Å². The molecule has 2 heterocycles. The standard InChI is InChI=1S/C18H14F3N3O3.ClH/c1-26-13-6-3-11(4-7-13)14-9-15(18(19,20)21)24(23-14)16-8-5-12(10-22-16)17(25)27-2;/h3-10H,1-2H3;1H. The zero-order chi connectivity index (χ0) is 19.6. The first-order valence-corrected chi connectivity index (χ1v) is 7.70. The molecule has 6 nitrogen and oxygen atoms in total. The lowest BCUT2D eigenvalue weighted by atomic mass is 10.1. The highest BCUT2D eigenvalue weighted by molar-refractivity contribution is 5.88. The van der Waals surface area contributed by atoms with Gasteiger partial charge in [0.25, 0.3) is 0 Å². The summed E-state index contributed by atoms with van der Waals surface area (Å²) in [5.74, 6) is -0.131. The van der Waals surface area contributed by atoms with E-state index < -0.39 is 17.8 Å². The molecule has 2 aromatic heterocycles. The largest absolute Gasteiger partial charge is 0.497 e. The maximum Gasteiger partial charge on any atom is 0.433 e. The Morgan fingerprint density at radius 1 is 1.07 bits per heavy atom. The van der Waals surface area contributed by atoms with Crippen LogP contribution < -0.4 is 4.74 Å². The Morgan fingerprint density at radius 3 is 2.25 bits per heavy atom. The number of alkyl halides is 3. The molecular formula is C18H15ClF3N3O3. The minimum Gasteiger partial charge on any atom is -0.497 e. The molecule has 0 N–H and O–H groups in total. The van der Waals surface area contributed by atoms with Crippen molar-refractivity contribution in [3.63, 3.8) is 0 Å². The molecule has 0 bridgehead atoms. The Labute approximate surface area is 164 Å². The normalized spacial score (nSPS) is 10.9. The summed E-state index contributed by atoms with van der Waals surface area (Å²) < 4.78 is 50.7. The third-order valence-corrected chi connectivity index (χ3v) is 3.77. The molecule has 1 aromatic carbocycles. The summed E-state index contributed by atoms with van der Waals surface area (Å²) in [6.07, 6.45) is -3.50. The maximum absolute atomic E-state index is 13.5. The highest BCUT2D eigenvalue weighted by atomic mass is 35.5. The first-order valence-electron chi connectivity index (χ1n) is 7.70. The van der Waals surface area contributed by atoms with Crippen LogP contribution in [0.15, 0.2) is 48.7 Å². The number of ether oxygens (including phenoxy) is 2. The van der Waals surface area contributed by atoms with Crippen LogP contribution in [0, 0.1) is 0 Å². The summed E-state index contributed by atoms with van der Waals surface area (Å²) in [7, 11) is 2.70. The minimum absolute atomic E-state index is 0. The van der Waals surface area contributed by atoms with Gasteiger partial charge in [0, 0.05) is 11.8 Å². The molecule has 0 amide bonds. The molecule has 0 fully saturated rings. The summed E-state index contributed by atoms with van der Waals surface area (Å²) in [5, 5.41) is 4.04. The van der Waals surface area contributed by atoms with E-state index in [0.717, 1.165) is 12.3 Å². The number of carbonyl (C=O) groups is 1. The van der Waals surface area contributed by atoms with E-state index >= 15 is 0 Å². The number of pyridine rings is 1. The first kappa shape index (κ1) is 21.2. The number of halogens is 4. The quantitative estimate of drug-likeness (QED) is 0.600.